The number of pyridine rings is 2. The Morgan fingerprint density at radius 3 is 1.56 bits per heavy atom. The van der Waals surface area contributed by atoms with Gasteiger partial charge in [-0.2, -0.15) is 0 Å². The molecule has 1 atom stereocenters. The van der Waals surface area contributed by atoms with Crippen LogP contribution in [-0.2, 0) is 22.7 Å². The fourth-order valence-corrected chi connectivity index (χ4v) is 5.48. The van der Waals surface area contributed by atoms with Gasteiger partial charge >= 0.3 is 5.97 Å². The van der Waals surface area contributed by atoms with Crippen LogP contribution in [0.4, 0.5) is 0 Å². The number of aromatic nitrogens is 2. The fraction of sp³-hybridized carbons (Fsp3) is 0.205. The van der Waals surface area contributed by atoms with E-state index in [0.29, 0.717) is 26.2 Å². The predicted molar refractivity (Wildman–Crippen MR) is 177 cm³/mol. The monoisotopic (exact) mass is 596 g/mol. The van der Waals surface area contributed by atoms with E-state index < -0.39 is 0 Å². The SMILES string of the molecule is CCOC(=O)C(C)CC(c1ccc(OCc2ccc3ccccc3n2)cc1)c1ccc(OCc2ccc3ccccc3n2)cc1. The quantitative estimate of drug-likeness (QED) is 0.132. The average molecular weight is 597 g/mol. The molecule has 0 amide bonds. The third kappa shape index (κ3) is 7.47. The maximum atomic E-state index is 12.6. The second-order valence-corrected chi connectivity index (χ2v) is 11.1. The Labute approximate surface area is 263 Å². The van der Waals surface area contributed by atoms with Gasteiger partial charge in [0.05, 0.1) is 34.9 Å². The molecule has 0 N–H and O–H groups in total. The maximum Gasteiger partial charge on any atom is 0.308 e. The van der Waals surface area contributed by atoms with Crippen molar-refractivity contribution >= 4 is 27.8 Å². The molecule has 45 heavy (non-hydrogen) atoms. The molecule has 0 aliphatic carbocycles. The molecule has 0 aliphatic heterocycles. The lowest BCUT2D eigenvalue weighted by molar-refractivity contribution is -0.147. The summed E-state index contributed by atoms with van der Waals surface area (Å²) in [6.45, 7) is 4.88. The van der Waals surface area contributed by atoms with Gasteiger partial charge < -0.3 is 14.2 Å². The summed E-state index contributed by atoms with van der Waals surface area (Å²) < 4.78 is 17.5. The Morgan fingerprint density at radius 2 is 1.09 bits per heavy atom. The molecule has 0 bridgehead atoms. The van der Waals surface area contributed by atoms with E-state index in [0.717, 1.165) is 55.8 Å². The number of fused-ring (bicyclic) bond motifs is 2. The summed E-state index contributed by atoms with van der Waals surface area (Å²) in [6.07, 6.45) is 0.612. The first kappa shape index (κ1) is 29.8. The number of benzene rings is 4. The van der Waals surface area contributed by atoms with E-state index in [-0.39, 0.29) is 17.8 Å². The molecule has 0 saturated heterocycles. The average Bonchev–Trinajstić information content (AvgIpc) is 3.09. The van der Waals surface area contributed by atoms with Crippen molar-refractivity contribution in [2.45, 2.75) is 39.4 Å². The van der Waals surface area contributed by atoms with Crippen molar-refractivity contribution in [1.82, 2.24) is 9.97 Å². The van der Waals surface area contributed by atoms with Crippen LogP contribution in [0.3, 0.4) is 0 Å². The minimum atomic E-state index is -0.264. The number of hydrogen-bond donors (Lipinski definition) is 0. The molecule has 1 unspecified atom stereocenters. The van der Waals surface area contributed by atoms with Gasteiger partial charge in [0, 0.05) is 16.7 Å². The highest BCUT2D eigenvalue weighted by molar-refractivity contribution is 5.79. The van der Waals surface area contributed by atoms with Crippen LogP contribution in [0, 0.1) is 5.92 Å². The van der Waals surface area contributed by atoms with E-state index in [1.807, 2.05) is 86.6 Å². The minimum absolute atomic E-state index is 0.0168. The number of hydrogen-bond acceptors (Lipinski definition) is 6. The highest BCUT2D eigenvalue weighted by Gasteiger charge is 2.23. The molecule has 2 heterocycles. The van der Waals surface area contributed by atoms with E-state index in [1.165, 1.54) is 0 Å². The van der Waals surface area contributed by atoms with E-state index in [9.17, 15) is 4.79 Å². The lowest BCUT2D eigenvalue weighted by Crippen LogP contribution is -2.18. The predicted octanol–water partition coefficient (Wildman–Crippen LogP) is 8.66. The Hall–Kier alpha value is -5.23. The highest BCUT2D eigenvalue weighted by atomic mass is 16.5. The Balaban J connectivity index is 1.15. The zero-order chi connectivity index (χ0) is 31.0. The van der Waals surface area contributed by atoms with Crippen molar-refractivity contribution in [1.29, 1.82) is 0 Å². The van der Waals surface area contributed by atoms with E-state index >= 15 is 0 Å². The van der Waals surface area contributed by atoms with E-state index in [1.54, 1.807) is 0 Å². The van der Waals surface area contributed by atoms with Gasteiger partial charge in [-0.1, -0.05) is 79.7 Å². The smallest absolute Gasteiger partial charge is 0.308 e. The molecule has 6 rings (SSSR count). The topological polar surface area (TPSA) is 70.5 Å². The largest absolute Gasteiger partial charge is 0.487 e. The molecular weight excluding hydrogens is 560 g/mol. The van der Waals surface area contributed by atoms with Crippen LogP contribution < -0.4 is 9.47 Å². The second kappa shape index (κ2) is 14.0. The fourth-order valence-electron chi connectivity index (χ4n) is 5.48. The molecule has 0 radical (unpaired) electrons. The van der Waals surface area contributed by atoms with Gasteiger partial charge in [0.15, 0.2) is 0 Å². The third-order valence-electron chi connectivity index (χ3n) is 7.93. The zero-order valence-electron chi connectivity index (χ0n) is 25.6. The van der Waals surface area contributed by atoms with Crippen molar-refractivity contribution in [3.63, 3.8) is 0 Å². The summed E-state index contributed by atoms with van der Waals surface area (Å²) in [5.41, 5.74) is 5.84. The number of ether oxygens (including phenoxy) is 3. The molecule has 6 heteroatoms. The second-order valence-electron chi connectivity index (χ2n) is 11.1. The van der Waals surface area contributed by atoms with Gasteiger partial charge in [0.2, 0.25) is 0 Å². The van der Waals surface area contributed by atoms with Crippen LogP contribution in [0.15, 0.2) is 121 Å². The molecule has 226 valence electrons. The van der Waals surface area contributed by atoms with Crippen molar-refractivity contribution in [2.75, 3.05) is 6.61 Å². The maximum absolute atomic E-state index is 12.6. The summed E-state index contributed by atoms with van der Waals surface area (Å²) in [5.74, 6) is 1.05. The van der Waals surface area contributed by atoms with Gasteiger partial charge in [0.1, 0.15) is 24.7 Å². The van der Waals surface area contributed by atoms with Crippen LogP contribution in [0.25, 0.3) is 21.8 Å². The van der Waals surface area contributed by atoms with E-state index in [4.69, 9.17) is 24.2 Å². The normalized spacial score (nSPS) is 11.9. The van der Waals surface area contributed by atoms with Gasteiger partial charge in [-0.25, -0.2) is 9.97 Å². The number of nitrogens with zero attached hydrogens (tertiary/aromatic N) is 2. The molecule has 0 aliphatic rings. The third-order valence-corrected chi connectivity index (χ3v) is 7.93. The number of rotatable bonds is 12. The van der Waals surface area contributed by atoms with Crippen LogP contribution in [0.1, 0.15) is 48.7 Å². The van der Waals surface area contributed by atoms with Crippen LogP contribution in [0.2, 0.25) is 0 Å². The van der Waals surface area contributed by atoms with Crippen molar-refractivity contribution < 1.29 is 19.0 Å². The molecule has 2 aromatic heterocycles. The van der Waals surface area contributed by atoms with E-state index in [2.05, 4.69) is 48.5 Å². The van der Waals surface area contributed by atoms with Crippen molar-refractivity contribution in [2.24, 2.45) is 5.92 Å². The van der Waals surface area contributed by atoms with Crippen LogP contribution in [-0.4, -0.2) is 22.5 Å². The Morgan fingerprint density at radius 1 is 0.622 bits per heavy atom. The van der Waals surface area contributed by atoms with Gasteiger partial charge in [-0.05, 0) is 73.0 Å². The number of esters is 1. The van der Waals surface area contributed by atoms with Crippen LogP contribution in [0.5, 0.6) is 11.5 Å². The molecule has 6 nitrogen and oxygen atoms in total. The van der Waals surface area contributed by atoms with Crippen molar-refractivity contribution in [3.05, 3.63) is 144 Å². The first-order valence-electron chi connectivity index (χ1n) is 15.4. The van der Waals surface area contributed by atoms with Crippen molar-refractivity contribution in [3.8, 4) is 11.5 Å². The first-order chi connectivity index (χ1) is 22.1. The van der Waals surface area contributed by atoms with Gasteiger partial charge in [-0.15, -0.1) is 0 Å². The standard InChI is InChI=1S/C39H36N2O4/c1-3-43-39(42)27(2)24-36(28-14-20-34(21-15-28)44-25-32-18-12-30-8-4-6-10-37(30)40-32)29-16-22-35(23-17-29)45-26-33-19-13-31-9-5-7-11-38(31)41-33/h4-23,27,36H,3,24-26H2,1-2H3. The summed E-state index contributed by atoms with van der Waals surface area (Å²) in [5, 5.41) is 2.21. The molecule has 0 fully saturated rings. The number of carbonyl (C=O) groups excluding carboxylic acids is 1. The number of para-hydroxylation sites is 2. The molecule has 6 aromatic rings. The molecule has 4 aromatic carbocycles. The summed E-state index contributed by atoms with van der Waals surface area (Å²) >= 11 is 0. The van der Waals surface area contributed by atoms with Gasteiger partial charge in [0.25, 0.3) is 0 Å². The summed E-state index contributed by atoms with van der Waals surface area (Å²) in [6, 6.07) is 40.4. The lowest BCUT2D eigenvalue weighted by Gasteiger charge is -2.22. The summed E-state index contributed by atoms with van der Waals surface area (Å²) in [7, 11) is 0. The Bertz CT molecular complexity index is 1760. The highest BCUT2D eigenvalue weighted by Crippen LogP contribution is 2.34. The van der Waals surface area contributed by atoms with Crippen LogP contribution >= 0.6 is 0 Å². The molecule has 0 spiro atoms. The van der Waals surface area contributed by atoms with Gasteiger partial charge in [-0.3, -0.25) is 4.79 Å². The zero-order valence-corrected chi connectivity index (χ0v) is 25.6. The summed E-state index contributed by atoms with van der Waals surface area (Å²) in [4.78, 5) is 22.0. The Kier molecular flexibility index (Phi) is 9.30. The molecule has 0 saturated carbocycles. The minimum Gasteiger partial charge on any atom is -0.487 e. The first-order valence-corrected chi connectivity index (χ1v) is 15.4. The molecular formula is C39H36N2O4. The lowest BCUT2D eigenvalue weighted by atomic mass is 9.84. The number of carbonyl (C=O) groups is 1.